The van der Waals surface area contributed by atoms with Crippen LogP contribution in [0.1, 0.15) is 10.5 Å². The zero-order valence-electron chi connectivity index (χ0n) is 9.37. The fraction of sp³-hybridized carbons (Fsp3) is 0.0769. The van der Waals surface area contributed by atoms with Gasteiger partial charge in [0.15, 0.2) is 5.69 Å². The molecule has 0 bridgehead atoms. The van der Waals surface area contributed by atoms with Gasteiger partial charge in [0.2, 0.25) is 0 Å². The van der Waals surface area contributed by atoms with E-state index < -0.39 is 0 Å². The maximum atomic E-state index is 12.1. The summed E-state index contributed by atoms with van der Waals surface area (Å²) < 4.78 is 0. The third-order valence-electron chi connectivity index (χ3n) is 2.44. The van der Waals surface area contributed by atoms with Gasteiger partial charge in [-0.15, -0.1) is 0 Å². The van der Waals surface area contributed by atoms with Crippen molar-refractivity contribution >= 4 is 11.6 Å². The maximum absolute atomic E-state index is 12.1. The number of hydrogen-bond acceptors (Lipinski definition) is 3. The van der Waals surface area contributed by atoms with Gasteiger partial charge in [0.05, 0.1) is 0 Å². The highest BCUT2D eigenvalue weighted by atomic mass is 16.3. The van der Waals surface area contributed by atoms with E-state index in [9.17, 15) is 9.90 Å². The van der Waals surface area contributed by atoms with Crippen LogP contribution in [0.25, 0.3) is 0 Å². The van der Waals surface area contributed by atoms with Crippen molar-refractivity contribution in [3.05, 3.63) is 54.4 Å². The molecule has 1 N–H and O–H groups in total. The minimum absolute atomic E-state index is 0.0545. The Hall–Kier alpha value is -2.36. The standard InChI is InChI=1S/C13H12N2O2/c1-15(10-6-3-2-4-7-10)13(17)12-11(16)8-5-9-14-12/h2-9,16H,1H3. The molecule has 1 aromatic carbocycles. The summed E-state index contributed by atoms with van der Waals surface area (Å²) in [6, 6.07) is 12.2. The van der Waals surface area contributed by atoms with Crippen LogP contribution in [0.2, 0.25) is 0 Å². The van der Waals surface area contributed by atoms with Gasteiger partial charge in [-0.3, -0.25) is 4.79 Å². The molecule has 0 aliphatic rings. The molecule has 0 saturated heterocycles. The minimum atomic E-state index is -0.339. The summed E-state index contributed by atoms with van der Waals surface area (Å²) in [4.78, 5) is 17.4. The van der Waals surface area contributed by atoms with E-state index in [1.807, 2.05) is 30.3 Å². The van der Waals surface area contributed by atoms with Gasteiger partial charge in [0.1, 0.15) is 5.75 Å². The van der Waals surface area contributed by atoms with E-state index >= 15 is 0 Å². The number of aromatic hydroxyl groups is 1. The molecule has 86 valence electrons. The molecular weight excluding hydrogens is 216 g/mol. The van der Waals surface area contributed by atoms with Crippen LogP contribution in [0, 0.1) is 0 Å². The van der Waals surface area contributed by atoms with E-state index in [4.69, 9.17) is 0 Å². The van der Waals surface area contributed by atoms with E-state index in [1.54, 1.807) is 13.1 Å². The molecule has 0 atom stereocenters. The van der Waals surface area contributed by atoms with Crippen molar-refractivity contribution in [2.24, 2.45) is 0 Å². The molecule has 0 aliphatic heterocycles. The molecule has 0 fully saturated rings. The zero-order chi connectivity index (χ0) is 12.3. The molecule has 0 spiro atoms. The molecule has 1 aromatic heterocycles. The molecule has 1 heterocycles. The van der Waals surface area contributed by atoms with Gasteiger partial charge in [0, 0.05) is 18.9 Å². The maximum Gasteiger partial charge on any atom is 0.280 e. The van der Waals surface area contributed by atoms with Gasteiger partial charge in [0.25, 0.3) is 5.91 Å². The van der Waals surface area contributed by atoms with Crippen LogP contribution < -0.4 is 4.90 Å². The smallest absolute Gasteiger partial charge is 0.280 e. The summed E-state index contributed by atoms with van der Waals surface area (Å²) in [6.07, 6.45) is 1.48. The third-order valence-corrected chi connectivity index (χ3v) is 2.44. The van der Waals surface area contributed by atoms with Crippen molar-refractivity contribution < 1.29 is 9.90 Å². The second kappa shape index (κ2) is 4.65. The zero-order valence-corrected chi connectivity index (χ0v) is 9.37. The number of nitrogens with zero attached hydrogens (tertiary/aromatic N) is 2. The molecular formula is C13H12N2O2. The quantitative estimate of drug-likeness (QED) is 0.856. The molecule has 2 rings (SSSR count). The third kappa shape index (κ3) is 2.25. The predicted molar refractivity (Wildman–Crippen MR) is 65.1 cm³/mol. The summed E-state index contributed by atoms with van der Waals surface area (Å²) in [6.45, 7) is 0. The van der Waals surface area contributed by atoms with Crippen molar-refractivity contribution in [3.8, 4) is 5.75 Å². The first kappa shape index (κ1) is 11.1. The minimum Gasteiger partial charge on any atom is -0.505 e. The molecule has 0 unspecified atom stereocenters. The number of hydrogen-bond donors (Lipinski definition) is 1. The van der Waals surface area contributed by atoms with Gasteiger partial charge in [-0.05, 0) is 24.3 Å². The molecule has 0 saturated carbocycles. The van der Waals surface area contributed by atoms with Crippen LogP contribution in [-0.2, 0) is 0 Å². The van der Waals surface area contributed by atoms with Gasteiger partial charge >= 0.3 is 0 Å². The van der Waals surface area contributed by atoms with Gasteiger partial charge in [-0.25, -0.2) is 4.98 Å². The Bertz CT molecular complexity index is 526. The van der Waals surface area contributed by atoms with Crippen LogP contribution in [-0.4, -0.2) is 23.0 Å². The summed E-state index contributed by atoms with van der Waals surface area (Å²) in [5.74, 6) is -0.449. The number of carbonyl (C=O) groups excluding carboxylic acids is 1. The number of rotatable bonds is 2. The summed E-state index contributed by atoms with van der Waals surface area (Å²) in [5, 5.41) is 9.57. The average Bonchev–Trinajstić information content (AvgIpc) is 2.39. The number of amides is 1. The van der Waals surface area contributed by atoms with Crippen LogP contribution in [0.15, 0.2) is 48.7 Å². The van der Waals surface area contributed by atoms with E-state index in [2.05, 4.69) is 4.98 Å². The molecule has 4 nitrogen and oxygen atoms in total. The van der Waals surface area contributed by atoms with Crippen molar-refractivity contribution in [2.75, 3.05) is 11.9 Å². The predicted octanol–water partition coefficient (Wildman–Crippen LogP) is 2.06. The van der Waals surface area contributed by atoms with Gasteiger partial charge in [-0.2, -0.15) is 0 Å². The van der Waals surface area contributed by atoms with Crippen LogP contribution in [0.5, 0.6) is 5.75 Å². The Kier molecular flexibility index (Phi) is 3.05. The van der Waals surface area contributed by atoms with Crippen LogP contribution in [0.3, 0.4) is 0 Å². The first-order valence-corrected chi connectivity index (χ1v) is 5.17. The highest BCUT2D eigenvalue weighted by Crippen LogP contribution is 2.18. The van der Waals surface area contributed by atoms with Crippen molar-refractivity contribution in [1.82, 2.24) is 4.98 Å². The Balaban J connectivity index is 2.30. The molecule has 0 aliphatic carbocycles. The molecule has 1 amide bonds. The number of carbonyl (C=O) groups is 1. The second-order valence-electron chi connectivity index (χ2n) is 3.57. The average molecular weight is 228 g/mol. The Labute approximate surface area is 99.2 Å². The molecule has 4 heteroatoms. The number of pyridine rings is 1. The van der Waals surface area contributed by atoms with E-state index in [1.165, 1.54) is 17.2 Å². The van der Waals surface area contributed by atoms with Crippen LogP contribution in [0.4, 0.5) is 5.69 Å². The lowest BCUT2D eigenvalue weighted by Crippen LogP contribution is -2.27. The number of para-hydroxylation sites is 1. The topological polar surface area (TPSA) is 53.4 Å². The highest BCUT2D eigenvalue weighted by molar-refractivity contribution is 6.05. The molecule has 17 heavy (non-hydrogen) atoms. The van der Waals surface area contributed by atoms with Gasteiger partial charge in [-0.1, -0.05) is 18.2 Å². The number of anilines is 1. The first-order valence-electron chi connectivity index (χ1n) is 5.17. The Morgan fingerprint density at radius 1 is 1.18 bits per heavy atom. The van der Waals surface area contributed by atoms with E-state index in [0.29, 0.717) is 0 Å². The normalized spacial score (nSPS) is 9.94. The fourth-order valence-electron chi connectivity index (χ4n) is 1.49. The van der Waals surface area contributed by atoms with Crippen molar-refractivity contribution in [2.45, 2.75) is 0 Å². The second-order valence-corrected chi connectivity index (χ2v) is 3.57. The summed E-state index contributed by atoms with van der Waals surface area (Å²) in [7, 11) is 1.64. The monoisotopic (exact) mass is 228 g/mol. The molecule has 2 aromatic rings. The SMILES string of the molecule is CN(C(=O)c1ncccc1O)c1ccccc1. The summed E-state index contributed by atoms with van der Waals surface area (Å²) in [5.41, 5.74) is 0.807. The fourth-order valence-corrected chi connectivity index (χ4v) is 1.49. The largest absolute Gasteiger partial charge is 0.505 e. The van der Waals surface area contributed by atoms with Crippen molar-refractivity contribution in [3.63, 3.8) is 0 Å². The van der Waals surface area contributed by atoms with E-state index in [-0.39, 0.29) is 17.4 Å². The lowest BCUT2D eigenvalue weighted by Gasteiger charge is -2.16. The summed E-state index contributed by atoms with van der Waals surface area (Å²) >= 11 is 0. The van der Waals surface area contributed by atoms with Gasteiger partial charge < -0.3 is 10.0 Å². The molecule has 0 radical (unpaired) electrons. The van der Waals surface area contributed by atoms with E-state index in [0.717, 1.165) is 5.69 Å². The lowest BCUT2D eigenvalue weighted by molar-refractivity contribution is 0.0985. The van der Waals surface area contributed by atoms with Crippen molar-refractivity contribution in [1.29, 1.82) is 0 Å². The first-order chi connectivity index (χ1) is 8.20. The number of aromatic nitrogens is 1. The Morgan fingerprint density at radius 2 is 1.88 bits per heavy atom. The highest BCUT2D eigenvalue weighted by Gasteiger charge is 2.17. The number of benzene rings is 1. The van der Waals surface area contributed by atoms with Crippen LogP contribution >= 0.6 is 0 Å². The lowest BCUT2D eigenvalue weighted by atomic mass is 10.2. The Morgan fingerprint density at radius 3 is 2.53 bits per heavy atom.